The molecule has 2 fully saturated rings. The van der Waals surface area contributed by atoms with Crippen LogP contribution in [0.4, 0.5) is 0 Å². The molecule has 0 spiro atoms. The Hall–Kier alpha value is -2.45. The van der Waals surface area contributed by atoms with E-state index in [1.807, 2.05) is 4.90 Å². The van der Waals surface area contributed by atoms with Crippen LogP contribution in [0.1, 0.15) is 43.9 Å². The summed E-state index contributed by atoms with van der Waals surface area (Å²) in [6.45, 7) is 2.89. The van der Waals surface area contributed by atoms with Crippen molar-refractivity contribution in [1.82, 2.24) is 20.0 Å². The predicted octanol–water partition coefficient (Wildman–Crippen LogP) is 0.371. The average Bonchev–Trinajstić information content (AvgIpc) is 2.91. The predicted molar refractivity (Wildman–Crippen MR) is 104 cm³/mol. The fraction of sp³-hybridized carbons (Fsp3) is 0.474. The molecule has 9 heteroatoms. The van der Waals surface area contributed by atoms with E-state index in [2.05, 4.69) is 5.32 Å². The highest BCUT2D eigenvalue weighted by Gasteiger charge is 2.35. The summed E-state index contributed by atoms with van der Waals surface area (Å²) in [5.74, 6) is -0.818. The van der Waals surface area contributed by atoms with Gasteiger partial charge in [-0.15, -0.1) is 12.4 Å². The maximum absolute atomic E-state index is 13.0. The second-order valence-corrected chi connectivity index (χ2v) is 7.24. The van der Waals surface area contributed by atoms with Gasteiger partial charge in [0.05, 0.1) is 17.7 Å². The molecule has 4 rings (SSSR count). The van der Waals surface area contributed by atoms with Gasteiger partial charge in [-0.1, -0.05) is 0 Å². The monoisotopic (exact) mass is 406 g/mol. The Morgan fingerprint density at radius 1 is 1.11 bits per heavy atom. The largest absolute Gasteiger partial charge is 0.337 e. The molecule has 4 amide bonds. The molecule has 0 bridgehead atoms. The lowest BCUT2D eigenvalue weighted by atomic mass is 10.0. The number of rotatable bonds is 2. The van der Waals surface area contributed by atoms with E-state index in [1.54, 1.807) is 17.0 Å². The summed E-state index contributed by atoms with van der Waals surface area (Å²) in [6.07, 6.45) is 1.72. The number of benzene rings is 1. The average molecular weight is 407 g/mol. The molecule has 1 aromatic rings. The maximum atomic E-state index is 13.0. The number of carbonyl (C=O) groups excluding carboxylic acids is 4. The fourth-order valence-electron chi connectivity index (χ4n) is 4.08. The zero-order valence-corrected chi connectivity index (χ0v) is 16.5. The zero-order chi connectivity index (χ0) is 19.1. The molecule has 3 aliphatic rings. The molecule has 3 heterocycles. The summed E-state index contributed by atoms with van der Waals surface area (Å²) in [4.78, 5) is 54.0. The molecule has 150 valence electrons. The van der Waals surface area contributed by atoms with Gasteiger partial charge in [-0.3, -0.25) is 24.1 Å². The number of likely N-dealkylation sites (tertiary alicyclic amines) is 1. The van der Waals surface area contributed by atoms with Crippen LogP contribution in [-0.4, -0.2) is 84.1 Å². The number of fused-ring (bicyclic) bond motifs is 1. The minimum Gasteiger partial charge on any atom is -0.337 e. The first-order valence-corrected chi connectivity index (χ1v) is 9.23. The molecule has 1 aromatic carbocycles. The molecule has 0 aliphatic carbocycles. The second kappa shape index (κ2) is 7.89. The Morgan fingerprint density at radius 2 is 1.86 bits per heavy atom. The number of nitrogens with zero attached hydrogens (tertiary/aromatic N) is 3. The van der Waals surface area contributed by atoms with Crippen LogP contribution in [0.15, 0.2) is 18.2 Å². The van der Waals surface area contributed by atoms with E-state index in [-0.39, 0.29) is 47.6 Å². The number of piperidine rings is 1. The quantitative estimate of drug-likeness (QED) is 0.717. The Balaban J connectivity index is 0.00000225. The lowest BCUT2D eigenvalue weighted by molar-refractivity contribution is -0.135. The Bertz CT molecular complexity index is 843. The van der Waals surface area contributed by atoms with Crippen LogP contribution in [0, 0.1) is 0 Å². The van der Waals surface area contributed by atoms with Gasteiger partial charge in [0.2, 0.25) is 5.91 Å². The number of imide groups is 1. The van der Waals surface area contributed by atoms with Crippen LogP contribution in [0.3, 0.4) is 0 Å². The number of hydrogen-bond acceptors (Lipinski definition) is 5. The minimum absolute atomic E-state index is 0. The van der Waals surface area contributed by atoms with Crippen molar-refractivity contribution in [2.45, 2.75) is 18.9 Å². The normalized spacial score (nSPS) is 22.2. The molecule has 8 nitrogen and oxygen atoms in total. The summed E-state index contributed by atoms with van der Waals surface area (Å²) in [5, 5.41) is 3.06. The van der Waals surface area contributed by atoms with Crippen molar-refractivity contribution in [1.29, 1.82) is 0 Å². The van der Waals surface area contributed by atoms with Gasteiger partial charge in [0, 0.05) is 44.8 Å². The third-order valence-corrected chi connectivity index (χ3v) is 5.59. The van der Waals surface area contributed by atoms with Gasteiger partial charge in [-0.05, 0) is 31.0 Å². The molecule has 1 unspecified atom stereocenters. The highest BCUT2D eigenvalue weighted by molar-refractivity contribution is 6.21. The Kier molecular flexibility index (Phi) is 5.71. The summed E-state index contributed by atoms with van der Waals surface area (Å²) < 4.78 is 0. The fourth-order valence-corrected chi connectivity index (χ4v) is 4.08. The van der Waals surface area contributed by atoms with Crippen LogP contribution < -0.4 is 5.32 Å². The van der Waals surface area contributed by atoms with Crippen LogP contribution >= 0.6 is 12.4 Å². The third-order valence-electron chi connectivity index (χ3n) is 5.59. The van der Waals surface area contributed by atoms with E-state index in [0.717, 1.165) is 24.3 Å². The van der Waals surface area contributed by atoms with E-state index in [1.165, 1.54) is 13.1 Å². The summed E-state index contributed by atoms with van der Waals surface area (Å²) in [6, 6.07) is 4.70. The lowest BCUT2D eigenvalue weighted by Gasteiger charge is -2.41. The van der Waals surface area contributed by atoms with E-state index in [0.29, 0.717) is 37.3 Å². The van der Waals surface area contributed by atoms with Gasteiger partial charge < -0.3 is 15.1 Å². The molecule has 3 aliphatic heterocycles. The van der Waals surface area contributed by atoms with E-state index < -0.39 is 0 Å². The molecule has 0 radical (unpaired) electrons. The van der Waals surface area contributed by atoms with Crippen molar-refractivity contribution in [3.05, 3.63) is 34.9 Å². The van der Waals surface area contributed by atoms with Crippen LogP contribution in [-0.2, 0) is 4.79 Å². The molecule has 1 N–H and O–H groups in total. The van der Waals surface area contributed by atoms with Gasteiger partial charge in [0.1, 0.15) is 0 Å². The summed E-state index contributed by atoms with van der Waals surface area (Å²) >= 11 is 0. The summed E-state index contributed by atoms with van der Waals surface area (Å²) in [7, 11) is 1.44. The molecule has 0 saturated carbocycles. The number of halogens is 1. The molecule has 0 aromatic heterocycles. The second-order valence-electron chi connectivity index (χ2n) is 7.24. The van der Waals surface area contributed by atoms with Crippen LogP contribution in [0.5, 0.6) is 0 Å². The van der Waals surface area contributed by atoms with Gasteiger partial charge in [-0.25, -0.2) is 0 Å². The first kappa shape index (κ1) is 20.3. The van der Waals surface area contributed by atoms with E-state index in [9.17, 15) is 19.2 Å². The standard InChI is InChI=1S/C19H22N4O4.ClH/c1-21-18(26)14-5-4-12(9-15(14)19(21)27)17(25)22-7-2-3-13(11-22)23-8-6-20-10-16(23)24;/h4-5,9,13,20H,2-3,6-8,10-11H2,1H3;1H. The van der Waals surface area contributed by atoms with E-state index in [4.69, 9.17) is 0 Å². The van der Waals surface area contributed by atoms with Crippen molar-refractivity contribution in [3.63, 3.8) is 0 Å². The van der Waals surface area contributed by atoms with Crippen molar-refractivity contribution < 1.29 is 19.2 Å². The third kappa shape index (κ3) is 3.38. The number of carbonyl (C=O) groups is 4. The highest BCUT2D eigenvalue weighted by atomic mass is 35.5. The van der Waals surface area contributed by atoms with Crippen molar-refractivity contribution >= 4 is 36.0 Å². The van der Waals surface area contributed by atoms with Gasteiger partial charge in [0.25, 0.3) is 17.7 Å². The van der Waals surface area contributed by atoms with Crippen LogP contribution in [0.2, 0.25) is 0 Å². The Morgan fingerprint density at radius 3 is 2.61 bits per heavy atom. The molecule has 28 heavy (non-hydrogen) atoms. The van der Waals surface area contributed by atoms with Gasteiger partial charge in [0.15, 0.2) is 0 Å². The molecular formula is C19H23ClN4O4. The van der Waals surface area contributed by atoms with Crippen LogP contribution in [0.25, 0.3) is 0 Å². The SMILES string of the molecule is CN1C(=O)c2ccc(C(=O)N3CCCC(N4CCNCC4=O)C3)cc2C1=O.Cl. The maximum Gasteiger partial charge on any atom is 0.261 e. The molecular weight excluding hydrogens is 384 g/mol. The number of piperazine rings is 1. The number of hydrogen-bond donors (Lipinski definition) is 1. The van der Waals surface area contributed by atoms with Gasteiger partial charge >= 0.3 is 0 Å². The van der Waals surface area contributed by atoms with Crippen molar-refractivity contribution in [3.8, 4) is 0 Å². The lowest BCUT2D eigenvalue weighted by Crippen LogP contribution is -2.57. The Labute approximate surface area is 169 Å². The topological polar surface area (TPSA) is 90.0 Å². The summed E-state index contributed by atoms with van der Waals surface area (Å²) in [5.41, 5.74) is 1.01. The molecule has 2 saturated heterocycles. The highest BCUT2D eigenvalue weighted by Crippen LogP contribution is 2.25. The van der Waals surface area contributed by atoms with Crippen molar-refractivity contribution in [2.24, 2.45) is 0 Å². The van der Waals surface area contributed by atoms with Crippen molar-refractivity contribution in [2.75, 3.05) is 39.8 Å². The number of amides is 4. The first-order chi connectivity index (χ1) is 13.0. The minimum atomic E-state index is -0.382. The number of nitrogens with one attached hydrogen (secondary N) is 1. The van der Waals surface area contributed by atoms with E-state index >= 15 is 0 Å². The first-order valence-electron chi connectivity index (χ1n) is 9.23. The smallest absolute Gasteiger partial charge is 0.261 e. The molecule has 1 atom stereocenters. The zero-order valence-electron chi connectivity index (χ0n) is 15.6. The van der Waals surface area contributed by atoms with Gasteiger partial charge in [-0.2, -0.15) is 0 Å².